The Balaban J connectivity index is 1.30. The van der Waals surface area contributed by atoms with Gasteiger partial charge in [0.15, 0.2) is 5.69 Å². The van der Waals surface area contributed by atoms with E-state index in [-0.39, 0.29) is 36.1 Å². The van der Waals surface area contributed by atoms with Crippen LogP contribution in [0.5, 0.6) is 5.88 Å². The molecular formula is C17H23N5O4. The van der Waals surface area contributed by atoms with E-state index in [2.05, 4.69) is 15.7 Å². The zero-order chi connectivity index (χ0) is 18.1. The maximum Gasteiger partial charge on any atom is 0.271 e. The third kappa shape index (κ3) is 3.51. The zero-order valence-electron chi connectivity index (χ0n) is 14.6. The highest BCUT2D eigenvalue weighted by atomic mass is 16.5. The van der Waals surface area contributed by atoms with Crippen LogP contribution in [0.1, 0.15) is 36.2 Å². The quantitative estimate of drug-likeness (QED) is 0.712. The van der Waals surface area contributed by atoms with Gasteiger partial charge in [0.2, 0.25) is 17.7 Å². The van der Waals surface area contributed by atoms with Crippen LogP contribution in [0.25, 0.3) is 0 Å². The number of piperidine rings is 1. The molecule has 1 aromatic rings. The van der Waals surface area contributed by atoms with Crippen molar-refractivity contribution in [1.29, 1.82) is 0 Å². The first kappa shape index (κ1) is 16.9. The van der Waals surface area contributed by atoms with Crippen LogP contribution in [-0.4, -0.2) is 64.7 Å². The van der Waals surface area contributed by atoms with Crippen LogP contribution in [0.15, 0.2) is 6.07 Å². The van der Waals surface area contributed by atoms with E-state index in [1.165, 1.54) is 0 Å². The topological polar surface area (TPSA) is 106 Å². The first-order valence-electron chi connectivity index (χ1n) is 9.18. The minimum atomic E-state index is -0.268. The molecule has 140 valence electrons. The van der Waals surface area contributed by atoms with E-state index in [0.717, 1.165) is 12.8 Å². The van der Waals surface area contributed by atoms with Gasteiger partial charge in [-0.3, -0.25) is 14.4 Å². The molecule has 3 heterocycles. The molecule has 1 unspecified atom stereocenters. The number of hydrogen-bond donors (Lipinski definition) is 2. The molecule has 0 bridgehead atoms. The summed E-state index contributed by atoms with van der Waals surface area (Å²) < 4.78 is 7.02. The number of fused-ring (bicyclic) bond motifs is 1. The van der Waals surface area contributed by atoms with Crippen LogP contribution >= 0.6 is 0 Å². The summed E-state index contributed by atoms with van der Waals surface area (Å²) in [5.74, 6) is 0.0734. The van der Waals surface area contributed by atoms with E-state index in [0.29, 0.717) is 50.8 Å². The second-order valence-corrected chi connectivity index (χ2v) is 7.00. The first-order chi connectivity index (χ1) is 12.6. The SMILES string of the molecule is O=C1CC(C(=O)N(CCNC(=O)c2cc3n(n2)CCO3)C2CC2)CCN1. The van der Waals surface area contributed by atoms with Crippen LogP contribution in [0.2, 0.25) is 0 Å². The Morgan fingerprint density at radius 1 is 1.38 bits per heavy atom. The van der Waals surface area contributed by atoms with E-state index >= 15 is 0 Å². The number of carbonyl (C=O) groups is 3. The molecule has 2 aliphatic heterocycles. The Morgan fingerprint density at radius 2 is 2.23 bits per heavy atom. The highest BCUT2D eigenvalue weighted by Gasteiger charge is 2.37. The smallest absolute Gasteiger partial charge is 0.271 e. The van der Waals surface area contributed by atoms with E-state index in [4.69, 9.17) is 4.74 Å². The van der Waals surface area contributed by atoms with E-state index in [1.54, 1.807) is 10.7 Å². The Hall–Kier alpha value is -2.58. The molecule has 26 heavy (non-hydrogen) atoms. The zero-order valence-corrected chi connectivity index (χ0v) is 14.6. The number of amides is 3. The van der Waals surface area contributed by atoms with Crippen molar-refractivity contribution in [1.82, 2.24) is 25.3 Å². The fourth-order valence-electron chi connectivity index (χ4n) is 3.49. The molecule has 2 N–H and O–H groups in total. The van der Waals surface area contributed by atoms with E-state index < -0.39 is 0 Å². The fourth-order valence-corrected chi connectivity index (χ4v) is 3.49. The van der Waals surface area contributed by atoms with Crippen molar-refractivity contribution in [2.45, 2.75) is 38.3 Å². The molecule has 1 aromatic heterocycles. The summed E-state index contributed by atoms with van der Waals surface area (Å²) in [4.78, 5) is 38.4. The van der Waals surface area contributed by atoms with Gasteiger partial charge in [-0.15, -0.1) is 0 Å². The summed E-state index contributed by atoms with van der Waals surface area (Å²) in [6, 6.07) is 1.88. The lowest BCUT2D eigenvalue weighted by molar-refractivity contribution is -0.140. The van der Waals surface area contributed by atoms with Crippen molar-refractivity contribution >= 4 is 17.7 Å². The summed E-state index contributed by atoms with van der Waals surface area (Å²) in [6.07, 6.45) is 2.92. The highest BCUT2D eigenvalue weighted by molar-refractivity contribution is 5.92. The molecule has 1 atom stereocenters. The molecule has 2 fully saturated rings. The minimum Gasteiger partial charge on any atom is -0.476 e. The molecule has 0 aromatic carbocycles. The molecule has 1 aliphatic carbocycles. The molecule has 1 saturated carbocycles. The van der Waals surface area contributed by atoms with Crippen LogP contribution in [0, 0.1) is 5.92 Å². The first-order valence-corrected chi connectivity index (χ1v) is 9.18. The van der Waals surface area contributed by atoms with Crippen molar-refractivity contribution < 1.29 is 19.1 Å². The number of hydrogen-bond acceptors (Lipinski definition) is 5. The molecule has 1 saturated heterocycles. The van der Waals surface area contributed by atoms with Gasteiger partial charge < -0.3 is 20.3 Å². The van der Waals surface area contributed by atoms with Gasteiger partial charge in [0.25, 0.3) is 5.91 Å². The Bertz CT molecular complexity index is 705. The number of nitrogens with one attached hydrogen (secondary N) is 2. The average molecular weight is 361 g/mol. The molecule has 9 nitrogen and oxygen atoms in total. The molecule has 3 aliphatic rings. The van der Waals surface area contributed by atoms with Crippen LogP contribution in [0.4, 0.5) is 0 Å². The number of nitrogens with zero attached hydrogens (tertiary/aromatic N) is 3. The van der Waals surface area contributed by atoms with Crippen molar-refractivity contribution in [3.8, 4) is 5.88 Å². The van der Waals surface area contributed by atoms with Gasteiger partial charge in [-0.25, -0.2) is 4.68 Å². The summed E-state index contributed by atoms with van der Waals surface area (Å²) in [6.45, 7) is 2.61. The van der Waals surface area contributed by atoms with Crippen LogP contribution in [-0.2, 0) is 16.1 Å². The lowest BCUT2D eigenvalue weighted by Gasteiger charge is -2.29. The number of ether oxygens (including phenoxy) is 1. The maximum atomic E-state index is 12.8. The Labute approximate surface area is 151 Å². The lowest BCUT2D eigenvalue weighted by atomic mass is 9.96. The summed E-state index contributed by atoms with van der Waals surface area (Å²) in [5.41, 5.74) is 0.327. The van der Waals surface area contributed by atoms with Crippen molar-refractivity contribution in [3.63, 3.8) is 0 Å². The largest absolute Gasteiger partial charge is 0.476 e. The van der Waals surface area contributed by atoms with Crippen LogP contribution in [0.3, 0.4) is 0 Å². The van der Waals surface area contributed by atoms with Gasteiger partial charge in [0.1, 0.15) is 6.61 Å². The number of aromatic nitrogens is 2. The predicted octanol–water partition coefficient (Wildman–Crippen LogP) is -0.477. The third-order valence-corrected chi connectivity index (χ3v) is 5.03. The van der Waals surface area contributed by atoms with Crippen molar-refractivity contribution in [2.24, 2.45) is 5.92 Å². The number of carbonyl (C=O) groups excluding carboxylic acids is 3. The van der Waals surface area contributed by atoms with Gasteiger partial charge in [-0.1, -0.05) is 0 Å². The molecule has 0 radical (unpaired) electrons. The molecule has 3 amide bonds. The third-order valence-electron chi connectivity index (χ3n) is 5.03. The number of rotatable bonds is 6. The Kier molecular flexibility index (Phi) is 4.52. The van der Waals surface area contributed by atoms with Crippen molar-refractivity contribution in [2.75, 3.05) is 26.2 Å². The molecular weight excluding hydrogens is 338 g/mol. The summed E-state index contributed by atoms with van der Waals surface area (Å²) in [5, 5.41) is 9.79. The monoisotopic (exact) mass is 361 g/mol. The molecule has 4 rings (SSSR count). The van der Waals surface area contributed by atoms with Crippen molar-refractivity contribution in [3.05, 3.63) is 11.8 Å². The van der Waals surface area contributed by atoms with Gasteiger partial charge in [-0.2, -0.15) is 5.10 Å². The van der Waals surface area contributed by atoms with E-state index in [1.807, 2.05) is 4.90 Å². The minimum absolute atomic E-state index is 0.0333. The van der Waals surface area contributed by atoms with Gasteiger partial charge in [0.05, 0.1) is 6.54 Å². The van der Waals surface area contributed by atoms with Gasteiger partial charge in [0, 0.05) is 44.1 Å². The molecule has 0 spiro atoms. The second kappa shape index (κ2) is 6.97. The maximum absolute atomic E-state index is 12.8. The van der Waals surface area contributed by atoms with E-state index in [9.17, 15) is 14.4 Å². The average Bonchev–Trinajstić information content (AvgIpc) is 3.22. The van der Waals surface area contributed by atoms with Gasteiger partial charge >= 0.3 is 0 Å². The predicted molar refractivity (Wildman–Crippen MR) is 90.5 cm³/mol. The Morgan fingerprint density at radius 3 is 2.96 bits per heavy atom. The summed E-state index contributed by atoms with van der Waals surface area (Å²) in [7, 11) is 0. The van der Waals surface area contributed by atoms with Crippen LogP contribution < -0.4 is 15.4 Å². The fraction of sp³-hybridized carbons (Fsp3) is 0.647. The normalized spacial score (nSPS) is 21.5. The standard InChI is InChI=1S/C17H23N5O4/c23-14-9-11(3-4-18-14)17(25)21(12-1-2-12)6-5-19-16(24)13-10-15-22(20-13)7-8-26-15/h10-12H,1-9H2,(H,18,23)(H,19,24). The lowest BCUT2D eigenvalue weighted by Crippen LogP contribution is -2.46. The summed E-state index contributed by atoms with van der Waals surface area (Å²) >= 11 is 0. The van der Waals surface area contributed by atoms with Gasteiger partial charge in [-0.05, 0) is 19.3 Å². The molecule has 9 heteroatoms. The highest BCUT2D eigenvalue weighted by Crippen LogP contribution is 2.29. The second-order valence-electron chi connectivity index (χ2n) is 7.00.